The SMILES string of the molecule is COC1(c2ncccc2C)CC2CCC(C1)N2C(=O)OC(C)(C)C. The van der Waals surface area contributed by atoms with E-state index in [4.69, 9.17) is 9.47 Å². The van der Waals surface area contributed by atoms with Crippen LogP contribution in [0.25, 0.3) is 0 Å². The number of aromatic nitrogens is 1. The Bertz CT molecular complexity index is 609. The highest BCUT2D eigenvalue weighted by molar-refractivity contribution is 5.69. The Hall–Kier alpha value is -1.62. The first-order valence-electron chi connectivity index (χ1n) is 8.74. The summed E-state index contributed by atoms with van der Waals surface area (Å²) >= 11 is 0. The molecule has 3 rings (SSSR count). The maximum Gasteiger partial charge on any atom is 0.410 e. The van der Waals surface area contributed by atoms with Crippen LogP contribution in [-0.2, 0) is 15.1 Å². The summed E-state index contributed by atoms with van der Waals surface area (Å²) in [4.78, 5) is 19.2. The Labute approximate surface area is 144 Å². The Balaban J connectivity index is 1.86. The zero-order chi connectivity index (χ0) is 17.5. The van der Waals surface area contributed by atoms with Crippen LogP contribution in [0.3, 0.4) is 0 Å². The fourth-order valence-corrected chi connectivity index (χ4v) is 4.24. The maximum atomic E-state index is 12.6. The zero-order valence-electron chi connectivity index (χ0n) is 15.3. The minimum Gasteiger partial charge on any atom is -0.444 e. The van der Waals surface area contributed by atoms with Crippen molar-refractivity contribution in [2.24, 2.45) is 0 Å². The van der Waals surface area contributed by atoms with Gasteiger partial charge in [-0.25, -0.2) is 4.79 Å². The van der Waals surface area contributed by atoms with Crippen molar-refractivity contribution in [3.63, 3.8) is 0 Å². The Kier molecular flexibility index (Phi) is 4.32. The van der Waals surface area contributed by atoms with Gasteiger partial charge in [-0.3, -0.25) is 4.98 Å². The molecule has 5 nitrogen and oxygen atoms in total. The second-order valence-electron chi connectivity index (χ2n) is 8.05. The number of amides is 1. The molecule has 0 aromatic carbocycles. The first-order valence-corrected chi connectivity index (χ1v) is 8.74. The van der Waals surface area contributed by atoms with E-state index in [0.717, 1.165) is 36.9 Å². The second-order valence-corrected chi connectivity index (χ2v) is 8.05. The van der Waals surface area contributed by atoms with E-state index in [9.17, 15) is 4.79 Å². The number of aryl methyl sites for hydroxylation is 1. The number of methoxy groups -OCH3 is 1. The van der Waals surface area contributed by atoms with E-state index in [0.29, 0.717) is 0 Å². The Morgan fingerprint density at radius 3 is 2.42 bits per heavy atom. The quantitative estimate of drug-likeness (QED) is 0.827. The van der Waals surface area contributed by atoms with Crippen LogP contribution in [0.15, 0.2) is 18.3 Å². The van der Waals surface area contributed by atoms with Crippen molar-refractivity contribution >= 4 is 6.09 Å². The highest BCUT2D eigenvalue weighted by Crippen LogP contribution is 2.48. The highest BCUT2D eigenvalue weighted by atomic mass is 16.6. The number of hydrogen-bond donors (Lipinski definition) is 0. The molecule has 1 amide bonds. The van der Waals surface area contributed by atoms with Gasteiger partial charge in [0, 0.05) is 38.2 Å². The van der Waals surface area contributed by atoms with Gasteiger partial charge in [0.1, 0.15) is 11.2 Å². The Morgan fingerprint density at radius 1 is 1.29 bits per heavy atom. The van der Waals surface area contributed by atoms with Crippen molar-refractivity contribution in [1.29, 1.82) is 0 Å². The van der Waals surface area contributed by atoms with Crippen LogP contribution in [0.5, 0.6) is 0 Å². The van der Waals surface area contributed by atoms with Gasteiger partial charge in [-0.05, 0) is 52.2 Å². The van der Waals surface area contributed by atoms with Crippen LogP contribution < -0.4 is 0 Å². The molecular weight excluding hydrogens is 304 g/mol. The number of carbonyl (C=O) groups is 1. The van der Waals surface area contributed by atoms with E-state index in [1.165, 1.54) is 0 Å². The van der Waals surface area contributed by atoms with Gasteiger partial charge in [0.2, 0.25) is 0 Å². The molecule has 132 valence electrons. The molecule has 0 aliphatic carbocycles. The standard InChI is InChI=1S/C19H28N2O3/c1-13-7-6-10-20-16(13)19(23-5)11-14-8-9-15(12-19)21(14)17(22)24-18(2,3)4/h6-7,10,14-15H,8-9,11-12H2,1-5H3. The van der Waals surface area contributed by atoms with Crippen LogP contribution in [0, 0.1) is 6.92 Å². The molecule has 2 aliphatic heterocycles. The molecule has 2 fully saturated rings. The summed E-state index contributed by atoms with van der Waals surface area (Å²) in [5.74, 6) is 0. The van der Waals surface area contributed by atoms with Gasteiger partial charge in [0.15, 0.2) is 0 Å². The number of fused-ring (bicyclic) bond motifs is 2. The summed E-state index contributed by atoms with van der Waals surface area (Å²) < 4.78 is 11.6. The topological polar surface area (TPSA) is 51.7 Å². The van der Waals surface area contributed by atoms with Crippen LogP contribution in [0.4, 0.5) is 4.79 Å². The Morgan fingerprint density at radius 2 is 1.92 bits per heavy atom. The molecule has 1 aromatic heterocycles. The van der Waals surface area contributed by atoms with Gasteiger partial charge < -0.3 is 14.4 Å². The lowest BCUT2D eigenvalue weighted by Gasteiger charge is -2.45. The molecule has 0 radical (unpaired) electrons. The number of ether oxygens (including phenoxy) is 2. The molecular formula is C19H28N2O3. The molecule has 1 aromatic rings. The fourth-order valence-electron chi connectivity index (χ4n) is 4.24. The molecule has 2 atom stereocenters. The van der Waals surface area contributed by atoms with E-state index < -0.39 is 11.2 Å². The van der Waals surface area contributed by atoms with Gasteiger partial charge in [0.05, 0.1) is 5.69 Å². The largest absolute Gasteiger partial charge is 0.444 e. The highest BCUT2D eigenvalue weighted by Gasteiger charge is 2.53. The van der Waals surface area contributed by atoms with Crippen molar-refractivity contribution in [2.45, 2.75) is 76.7 Å². The molecule has 2 unspecified atom stereocenters. The number of hydrogen-bond acceptors (Lipinski definition) is 4. The average Bonchev–Trinajstić information content (AvgIpc) is 2.78. The maximum absolute atomic E-state index is 12.6. The number of piperidine rings is 1. The van der Waals surface area contributed by atoms with Crippen molar-refractivity contribution < 1.29 is 14.3 Å². The summed E-state index contributed by atoms with van der Waals surface area (Å²) in [5.41, 5.74) is 1.28. The summed E-state index contributed by atoms with van der Waals surface area (Å²) in [6.07, 6.45) is 5.18. The lowest BCUT2D eigenvalue weighted by molar-refractivity contribution is -0.0904. The third-order valence-electron chi connectivity index (χ3n) is 5.19. The van der Waals surface area contributed by atoms with E-state index >= 15 is 0 Å². The van der Waals surface area contributed by atoms with Crippen LogP contribution in [0.1, 0.15) is 57.7 Å². The van der Waals surface area contributed by atoms with Crippen molar-refractivity contribution in [3.05, 3.63) is 29.6 Å². The minimum atomic E-state index is -0.468. The molecule has 2 bridgehead atoms. The van der Waals surface area contributed by atoms with E-state index in [1.807, 2.05) is 37.9 Å². The molecule has 0 N–H and O–H groups in total. The van der Waals surface area contributed by atoms with E-state index in [2.05, 4.69) is 18.0 Å². The third kappa shape index (κ3) is 3.02. The normalized spacial score (nSPS) is 29.6. The molecule has 5 heteroatoms. The van der Waals surface area contributed by atoms with Gasteiger partial charge in [-0.15, -0.1) is 0 Å². The van der Waals surface area contributed by atoms with Crippen LogP contribution >= 0.6 is 0 Å². The predicted octanol–water partition coefficient (Wildman–Crippen LogP) is 3.79. The molecule has 2 saturated heterocycles. The second kappa shape index (κ2) is 6.03. The fraction of sp³-hybridized carbons (Fsp3) is 0.684. The molecule has 0 saturated carbocycles. The van der Waals surface area contributed by atoms with E-state index in [1.54, 1.807) is 7.11 Å². The van der Waals surface area contributed by atoms with Crippen molar-refractivity contribution in [3.8, 4) is 0 Å². The first-order chi connectivity index (χ1) is 11.3. The minimum absolute atomic E-state index is 0.153. The van der Waals surface area contributed by atoms with Gasteiger partial charge >= 0.3 is 6.09 Å². The average molecular weight is 332 g/mol. The molecule has 2 aliphatic rings. The van der Waals surface area contributed by atoms with Gasteiger partial charge in [0.25, 0.3) is 0 Å². The summed E-state index contributed by atoms with van der Waals surface area (Å²) in [7, 11) is 1.76. The zero-order valence-corrected chi connectivity index (χ0v) is 15.3. The summed E-state index contributed by atoms with van der Waals surface area (Å²) in [6.45, 7) is 7.81. The number of rotatable bonds is 2. The summed E-state index contributed by atoms with van der Waals surface area (Å²) in [6, 6.07) is 4.33. The van der Waals surface area contributed by atoms with Crippen LogP contribution in [-0.4, -0.2) is 40.8 Å². The van der Waals surface area contributed by atoms with E-state index in [-0.39, 0.29) is 18.2 Å². The smallest absolute Gasteiger partial charge is 0.410 e. The lowest BCUT2D eigenvalue weighted by atomic mass is 9.81. The molecule has 0 spiro atoms. The number of pyridine rings is 1. The van der Waals surface area contributed by atoms with Crippen LogP contribution in [0.2, 0.25) is 0 Å². The van der Waals surface area contributed by atoms with Crippen molar-refractivity contribution in [1.82, 2.24) is 9.88 Å². The van der Waals surface area contributed by atoms with Crippen molar-refractivity contribution in [2.75, 3.05) is 7.11 Å². The van der Waals surface area contributed by atoms with Gasteiger partial charge in [-0.2, -0.15) is 0 Å². The van der Waals surface area contributed by atoms with Gasteiger partial charge in [-0.1, -0.05) is 6.07 Å². The molecule has 24 heavy (non-hydrogen) atoms. The number of nitrogens with zero attached hydrogens (tertiary/aromatic N) is 2. The third-order valence-corrected chi connectivity index (χ3v) is 5.19. The monoisotopic (exact) mass is 332 g/mol. The predicted molar refractivity (Wildman–Crippen MR) is 91.8 cm³/mol. The summed E-state index contributed by atoms with van der Waals surface area (Å²) in [5, 5.41) is 0. The number of carbonyl (C=O) groups excluding carboxylic acids is 1. The first kappa shape index (κ1) is 17.2. The lowest BCUT2D eigenvalue weighted by Crippen LogP contribution is -2.54. The molecule has 3 heterocycles.